The summed E-state index contributed by atoms with van der Waals surface area (Å²) in [7, 11) is 0. The van der Waals surface area contributed by atoms with Gasteiger partial charge in [0.25, 0.3) is 0 Å². The maximum absolute atomic E-state index is 11.9. The van der Waals surface area contributed by atoms with E-state index in [-0.39, 0.29) is 17.2 Å². The summed E-state index contributed by atoms with van der Waals surface area (Å²) in [6, 6.07) is 0. The van der Waals surface area contributed by atoms with Gasteiger partial charge in [-0.1, -0.05) is 58.1 Å². The highest BCUT2D eigenvalue weighted by Crippen LogP contribution is 2.15. The first-order chi connectivity index (χ1) is 9.11. The normalized spacial score (nSPS) is 14.1. The second-order valence-corrected chi connectivity index (χ2v) is 6.59. The summed E-state index contributed by atoms with van der Waals surface area (Å²) < 4.78 is 0. The fraction of sp³-hybridized carbons (Fsp3) is 0.611. The molecule has 0 atom stereocenters. The number of hydrogen-bond donors (Lipinski definition) is 1. The topological polar surface area (TPSA) is 29.1 Å². The van der Waals surface area contributed by atoms with Gasteiger partial charge in [-0.3, -0.25) is 4.79 Å². The van der Waals surface area contributed by atoms with Crippen LogP contribution in [0.15, 0.2) is 36.0 Å². The molecule has 0 aromatic heterocycles. The van der Waals surface area contributed by atoms with E-state index in [1.165, 1.54) is 5.57 Å². The molecule has 2 heteroatoms. The smallest absolute Gasteiger partial charge is 0.165 e. The number of Topliss-reactive ketones (excluding diaryl/α,β-unsaturated/α-hetero) is 1. The maximum Gasteiger partial charge on any atom is 0.165 e. The van der Waals surface area contributed by atoms with Crippen molar-refractivity contribution < 1.29 is 4.79 Å². The minimum atomic E-state index is 0.00551. The summed E-state index contributed by atoms with van der Waals surface area (Å²) in [5, 5.41) is 3.54. The Kier molecular flexibility index (Phi) is 7.74. The van der Waals surface area contributed by atoms with E-state index in [2.05, 4.69) is 46.5 Å². The Hall–Kier alpha value is -1.15. The summed E-state index contributed by atoms with van der Waals surface area (Å²) in [5.41, 5.74) is 1.99. The van der Waals surface area contributed by atoms with Crippen LogP contribution in [0.25, 0.3) is 0 Å². The number of allylic oxidation sites excluding steroid dienone is 4. The van der Waals surface area contributed by atoms with E-state index in [0.717, 1.165) is 6.54 Å². The fourth-order valence-electron chi connectivity index (χ4n) is 1.45. The van der Waals surface area contributed by atoms with Gasteiger partial charge in [-0.15, -0.1) is 0 Å². The number of carbonyl (C=O) groups is 1. The number of hydrogen-bond acceptors (Lipinski definition) is 2. The summed E-state index contributed by atoms with van der Waals surface area (Å²) >= 11 is 0. The Morgan fingerprint density at radius 1 is 1.20 bits per heavy atom. The van der Waals surface area contributed by atoms with Crippen molar-refractivity contribution in [3.05, 3.63) is 36.0 Å². The van der Waals surface area contributed by atoms with Crippen LogP contribution >= 0.6 is 0 Å². The lowest BCUT2D eigenvalue weighted by molar-refractivity contribution is -0.117. The summed E-state index contributed by atoms with van der Waals surface area (Å²) in [4.78, 5) is 11.9. The van der Waals surface area contributed by atoms with E-state index in [4.69, 9.17) is 0 Å². The standard InChI is InChI=1S/C18H31NO/c1-9-16(17(20)13(2)3)11-10-15(6)12-19-18(7,8)14(4)5/h9-11,13-14,19H,1,12H2,2-8H3/b15-10+,16-11+. The molecule has 0 bridgehead atoms. The third-order valence-corrected chi connectivity index (χ3v) is 3.84. The highest BCUT2D eigenvalue weighted by molar-refractivity contribution is 5.99. The minimum Gasteiger partial charge on any atom is -0.308 e. The van der Waals surface area contributed by atoms with Crippen molar-refractivity contribution in [3.63, 3.8) is 0 Å². The van der Waals surface area contributed by atoms with Gasteiger partial charge in [0, 0.05) is 23.6 Å². The highest BCUT2D eigenvalue weighted by atomic mass is 16.1. The second kappa shape index (κ2) is 8.21. The number of rotatable bonds is 8. The van der Waals surface area contributed by atoms with Crippen molar-refractivity contribution in [2.45, 2.75) is 54.0 Å². The molecule has 0 saturated carbocycles. The molecule has 1 N–H and O–H groups in total. The Bertz CT molecular complexity index is 398. The van der Waals surface area contributed by atoms with E-state index >= 15 is 0 Å². The lowest BCUT2D eigenvalue weighted by Crippen LogP contribution is -2.44. The molecule has 0 heterocycles. The molecule has 0 aliphatic heterocycles. The zero-order valence-corrected chi connectivity index (χ0v) is 14.2. The quantitative estimate of drug-likeness (QED) is 0.529. The van der Waals surface area contributed by atoms with Crippen LogP contribution in [0.1, 0.15) is 48.5 Å². The van der Waals surface area contributed by atoms with Crippen LogP contribution in [0.2, 0.25) is 0 Å². The third-order valence-electron chi connectivity index (χ3n) is 3.84. The van der Waals surface area contributed by atoms with Crippen molar-refractivity contribution in [3.8, 4) is 0 Å². The second-order valence-electron chi connectivity index (χ2n) is 6.59. The lowest BCUT2D eigenvalue weighted by Gasteiger charge is -2.31. The highest BCUT2D eigenvalue weighted by Gasteiger charge is 2.20. The third kappa shape index (κ3) is 6.33. The molecule has 0 fully saturated rings. The molecule has 0 aliphatic rings. The van der Waals surface area contributed by atoms with E-state index in [1.54, 1.807) is 6.08 Å². The first kappa shape index (κ1) is 18.9. The van der Waals surface area contributed by atoms with Crippen LogP contribution in [0.4, 0.5) is 0 Å². The van der Waals surface area contributed by atoms with E-state index in [1.807, 2.05) is 26.0 Å². The van der Waals surface area contributed by atoms with E-state index < -0.39 is 0 Å². The van der Waals surface area contributed by atoms with Gasteiger partial charge in [-0.2, -0.15) is 0 Å². The molecular weight excluding hydrogens is 246 g/mol. The average molecular weight is 277 g/mol. The Morgan fingerprint density at radius 2 is 1.75 bits per heavy atom. The molecule has 0 aliphatic carbocycles. The fourth-order valence-corrected chi connectivity index (χ4v) is 1.45. The van der Waals surface area contributed by atoms with Crippen molar-refractivity contribution in [1.29, 1.82) is 0 Å². The molecule has 0 unspecified atom stereocenters. The summed E-state index contributed by atoms with van der Waals surface area (Å²) in [6.07, 6.45) is 5.51. The van der Waals surface area contributed by atoms with Crippen molar-refractivity contribution in [2.24, 2.45) is 11.8 Å². The Morgan fingerprint density at radius 3 is 2.15 bits per heavy atom. The maximum atomic E-state index is 11.9. The monoisotopic (exact) mass is 277 g/mol. The summed E-state index contributed by atoms with van der Waals surface area (Å²) in [5.74, 6) is 0.711. The number of ketones is 1. The molecular formula is C18H31NO. The molecule has 0 rings (SSSR count). The van der Waals surface area contributed by atoms with Crippen LogP contribution < -0.4 is 5.32 Å². The molecule has 20 heavy (non-hydrogen) atoms. The van der Waals surface area contributed by atoms with Crippen LogP contribution in [0.3, 0.4) is 0 Å². The predicted molar refractivity (Wildman–Crippen MR) is 88.8 cm³/mol. The lowest BCUT2D eigenvalue weighted by atomic mass is 9.90. The largest absolute Gasteiger partial charge is 0.308 e. The van der Waals surface area contributed by atoms with Gasteiger partial charge in [0.2, 0.25) is 0 Å². The first-order valence-electron chi connectivity index (χ1n) is 7.41. The zero-order chi connectivity index (χ0) is 15.9. The molecule has 0 amide bonds. The van der Waals surface area contributed by atoms with Crippen LogP contribution in [-0.2, 0) is 4.79 Å². The molecule has 0 saturated heterocycles. The van der Waals surface area contributed by atoms with Gasteiger partial charge in [0.05, 0.1) is 0 Å². The Labute approximate surface area is 125 Å². The number of carbonyl (C=O) groups excluding carboxylic acids is 1. The van der Waals surface area contributed by atoms with Gasteiger partial charge in [0.1, 0.15) is 0 Å². The van der Waals surface area contributed by atoms with E-state index in [0.29, 0.717) is 11.5 Å². The number of nitrogens with one attached hydrogen (secondary N) is 1. The molecule has 0 aromatic carbocycles. The van der Waals surface area contributed by atoms with Gasteiger partial charge in [0.15, 0.2) is 5.78 Å². The van der Waals surface area contributed by atoms with Gasteiger partial charge < -0.3 is 5.32 Å². The average Bonchev–Trinajstić information content (AvgIpc) is 2.36. The summed E-state index contributed by atoms with van der Waals surface area (Å²) in [6.45, 7) is 19.3. The zero-order valence-electron chi connectivity index (χ0n) is 14.2. The molecule has 0 aromatic rings. The van der Waals surface area contributed by atoms with Crippen LogP contribution in [-0.4, -0.2) is 17.9 Å². The van der Waals surface area contributed by atoms with Crippen LogP contribution in [0, 0.1) is 11.8 Å². The van der Waals surface area contributed by atoms with Crippen molar-refractivity contribution >= 4 is 5.78 Å². The van der Waals surface area contributed by atoms with Gasteiger partial charge in [-0.25, -0.2) is 0 Å². The van der Waals surface area contributed by atoms with E-state index in [9.17, 15) is 4.79 Å². The molecule has 2 nitrogen and oxygen atoms in total. The van der Waals surface area contributed by atoms with Gasteiger partial charge >= 0.3 is 0 Å². The Balaban J connectivity index is 4.73. The first-order valence-corrected chi connectivity index (χ1v) is 7.41. The van der Waals surface area contributed by atoms with Gasteiger partial charge in [-0.05, 0) is 26.7 Å². The molecule has 0 radical (unpaired) electrons. The minimum absolute atomic E-state index is 0.00551. The van der Waals surface area contributed by atoms with Crippen molar-refractivity contribution in [2.75, 3.05) is 6.54 Å². The molecule has 0 spiro atoms. The predicted octanol–water partition coefficient (Wildman–Crippen LogP) is 4.29. The van der Waals surface area contributed by atoms with Crippen molar-refractivity contribution in [1.82, 2.24) is 5.32 Å². The molecule has 114 valence electrons. The van der Waals surface area contributed by atoms with Crippen LogP contribution in [0.5, 0.6) is 0 Å². The SMILES string of the molecule is C=C/C(=C\C=C(/C)CNC(C)(C)C(C)C)C(=O)C(C)C.